The third-order valence-corrected chi connectivity index (χ3v) is 7.24. The molecule has 3 aromatic rings. The number of ether oxygens (including phenoxy) is 4. The van der Waals surface area contributed by atoms with Crippen LogP contribution in [0.4, 0.5) is 9.18 Å². The SMILES string of the molecule is CC(=O)NCCc1ccc(F)cc1OCCOC1CN(C(=O)OC(C)(C)C)CCC1c1ccc(OCc2ccccc2)cc1. The van der Waals surface area contributed by atoms with Crippen molar-refractivity contribution in [3.8, 4) is 11.5 Å². The topological polar surface area (TPSA) is 86.3 Å². The van der Waals surface area contributed by atoms with Crippen LogP contribution in [0.1, 0.15) is 56.7 Å². The molecule has 3 aromatic carbocycles. The van der Waals surface area contributed by atoms with Gasteiger partial charge < -0.3 is 29.2 Å². The number of carbonyl (C=O) groups is 2. The van der Waals surface area contributed by atoms with Gasteiger partial charge in [0.25, 0.3) is 0 Å². The Morgan fingerprint density at radius 2 is 1.73 bits per heavy atom. The summed E-state index contributed by atoms with van der Waals surface area (Å²) in [5, 5.41) is 2.75. The van der Waals surface area contributed by atoms with Gasteiger partial charge in [-0.1, -0.05) is 48.5 Å². The van der Waals surface area contributed by atoms with Crippen LogP contribution in [0, 0.1) is 5.82 Å². The number of amides is 2. The second-order valence-electron chi connectivity index (χ2n) is 11.9. The first-order valence-corrected chi connectivity index (χ1v) is 15.1. The first-order chi connectivity index (χ1) is 21.1. The number of piperidine rings is 1. The van der Waals surface area contributed by atoms with Gasteiger partial charge in [0.05, 0.1) is 19.3 Å². The molecule has 0 aliphatic carbocycles. The number of hydrogen-bond acceptors (Lipinski definition) is 6. The Labute approximate surface area is 259 Å². The average molecular weight is 607 g/mol. The molecule has 0 radical (unpaired) electrons. The van der Waals surface area contributed by atoms with Crippen molar-refractivity contribution in [3.63, 3.8) is 0 Å². The fraction of sp³-hybridized carbons (Fsp3) is 0.429. The first-order valence-electron chi connectivity index (χ1n) is 15.1. The number of likely N-dealkylation sites (tertiary alicyclic amines) is 1. The van der Waals surface area contributed by atoms with Crippen LogP contribution in [0.2, 0.25) is 0 Å². The summed E-state index contributed by atoms with van der Waals surface area (Å²) in [4.78, 5) is 25.8. The van der Waals surface area contributed by atoms with Crippen molar-refractivity contribution in [1.82, 2.24) is 10.2 Å². The van der Waals surface area contributed by atoms with Crippen LogP contribution in [-0.4, -0.2) is 61.5 Å². The first kappa shape index (κ1) is 32.8. The maximum absolute atomic E-state index is 14.0. The van der Waals surface area contributed by atoms with Gasteiger partial charge in [0, 0.05) is 32.0 Å². The minimum Gasteiger partial charge on any atom is -0.491 e. The molecule has 1 aliphatic rings. The molecule has 2 amide bonds. The van der Waals surface area contributed by atoms with E-state index in [0.717, 1.165) is 22.4 Å². The van der Waals surface area contributed by atoms with E-state index in [-0.39, 0.29) is 37.2 Å². The number of carbonyl (C=O) groups excluding carboxylic acids is 2. The zero-order valence-corrected chi connectivity index (χ0v) is 26.0. The fourth-order valence-corrected chi connectivity index (χ4v) is 5.10. The zero-order chi connectivity index (χ0) is 31.5. The predicted molar refractivity (Wildman–Crippen MR) is 166 cm³/mol. The molecule has 0 spiro atoms. The molecule has 44 heavy (non-hydrogen) atoms. The van der Waals surface area contributed by atoms with E-state index in [9.17, 15) is 14.0 Å². The van der Waals surface area contributed by atoms with Crippen LogP contribution in [0.5, 0.6) is 11.5 Å². The summed E-state index contributed by atoms with van der Waals surface area (Å²) in [5.74, 6) is 0.708. The van der Waals surface area contributed by atoms with Gasteiger partial charge in [0.2, 0.25) is 5.91 Å². The highest BCUT2D eigenvalue weighted by Crippen LogP contribution is 2.32. The Kier molecular flexibility index (Phi) is 11.6. The molecule has 2 unspecified atom stereocenters. The summed E-state index contributed by atoms with van der Waals surface area (Å²) < 4.78 is 37.9. The molecule has 1 heterocycles. The number of rotatable bonds is 12. The van der Waals surface area contributed by atoms with E-state index in [1.807, 2.05) is 63.2 Å². The van der Waals surface area contributed by atoms with E-state index in [0.29, 0.717) is 44.8 Å². The van der Waals surface area contributed by atoms with Gasteiger partial charge in [-0.25, -0.2) is 9.18 Å². The van der Waals surface area contributed by atoms with Gasteiger partial charge in [0.1, 0.15) is 36.1 Å². The Hall–Kier alpha value is -4.11. The smallest absolute Gasteiger partial charge is 0.410 e. The summed E-state index contributed by atoms with van der Waals surface area (Å²) in [7, 11) is 0. The molecule has 4 rings (SSSR count). The monoisotopic (exact) mass is 606 g/mol. The molecular formula is C35H43FN2O6. The van der Waals surface area contributed by atoms with E-state index in [1.165, 1.54) is 19.1 Å². The molecule has 1 N–H and O–H groups in total. The minimum atomic E-state index is -0.601. The quantitative estimate of drug-likeness (QED) is 0.245. The molecule has 1 saturated heterocycles. The lowest BCUT2D eigenvalue weighted by atomic mass is 9.87. The van der Waals surface area contributed by atoms with Crippen molar-refractivity contribution < 1.29 is 32.9 Å². The number of nitrogens with zero attached hydrogens (tertiary/aromatic N) is 1. The summed E-state index contributed by atoms with van der Waals surface area (Å²) in [6.45, 7) is 9.26. The number of benzene rings is 3. The largest absolute Gasteiger partial charge is 0.491 e. The molecule has 0 aromatic heterocycles. The van der Waals surface area contributed by atoms with Crippen molar-refractivity contribution in [2.24, 2.45) is 0 Å². The van der Waals surface area contributed by atoms with Crippen LogP contribution in [0.15, 0.2) is 72.8 Å². The minimum absolute atomic E-state index is 0.0410. The third-order valence-electron chi connectivity index (χ3n) is 7.24. The molecule has 2 atom stereocenters. The fourth-order valence-electron chi connectivity index (χ4n) is 5.10. The Morgan fingerprint density at radius 1 is 0.977 bits per heavy atom. The van der Waals surface area contributed by atoms with Gasteiger partial charge in [-0.05, 0) is 68.5 Å². The Balaban J connectivity index is 1.39. The second kappa shape index (κ2) is 15.6. The van der Waals surface area contributed by atoms with Crippen molar-refractivity contribution >= 4 is 12.0 Å². The van der Waals surface area contributed by atoms with Gasteiger partial charge in [-0.3, -0.25) is 4.79 Å². The van der Waals surface area contributed by atoms with Crippen molar-refractivity contribution in [3.05, 3.63) is 95.3 Å². The summed E-state index contributed by atoms with van der Waals surface area (Å²) in [5.41, 5.74) is 2.38. The molecule has 9 heteroatoms. The molecule has 0 saturated carbocycles. The molecule has 1 aliphatic heterocycles. The van der Waals surface area contributed by atoms with E-state index < -0.39 is 11.4 Å². The Bertz CT molecular complexity index is 1360. The highest BCUT2D eigenvalue weighted by atomic mass is 19.1. The number of nitrogens with one attached hydrogen (secondary N) is 1. The van der Waals surface area contributed by atoms with Crippen LogP contribution < -0.4 is 14.8 Å². The highest BCUT2D eigenvalue weighted by Gasteiger charge is 2.35. The van der Waals surface area contributed by atoms with Crippen LogP contribution in [-0.2, 0) is 27.3 Å². The van der Waals surface area contributed by atoms with Crippen molar-refractivity contribution in [2.45, 2.75) is 64.8 Å². The van der Waals surface area contributed by atoms with E-state index in [2.05, 4.69) is 17.4 Å². The molecular weight excluding hydrogens is 563 g/mol. The summed E-state index contributed by atoms with van der Waals surface area (Å²) >= 11 is 0. The summed E-state index contributed by atoms with van der Waals surface area (Å²) in [6, 6.07) is 22.4. The normalized spacial score (nSPS) is 16.7. The van der Waals surface area contributed by atoms with Crippen LogP contribution in [0.3, 0.4) is 0 Å². The Morgan fingerprint density at radius 3 is 2.43 bits per heavy atom. The zero-order valence-electron chi connectivity index (χ0n) is 26.0. The van der Waals surface area contributed by atoms with Gasteiger partial charge in [0.15, 0.2) is 0 Å². The average Bonchev–Trinajstić information content (AvgIpc) is 2.99. The number of halogens is 1. The van der Waals surface area contributed by atoms with E-state index >= 15 is 0 Å². The summed E-state index contributed by atoms with van der Waals surface area (Å²) in [6.07, 6.45) is 0.541. The van der Waals surface area contributed by atoms with Crippen molar-refractivity contribution in [1.29, 1.82) is 0 Å². The number of hydrogen-bond donors (Lipinski definition) is 1. The lowest BCUT2D eigenvalue weighted by Gasteiger charge is -2.39. The van der Waals surface area contributed by atoms with Crippen LogP contribution >= 0.6 is 0 Å². The molecule has 236 valence electrons. The van der Waals surface area contributed by atoms with Gasteiger partial charge in [-0.2, -0.15) is 0 Å². The molecule has 0 bridgehead atoms. The maximum Gasteiger partial charge on any atom is 0.410 e. The van der Waals surface area contributed by atoms with E-state index in [4.69, 9.17) is 18.9 Å². The predicted octanol–water partition coefficient (Wildman–Crippen LogP) is 6.27. The standard InChI is InChI=1S/C35H43FN2O6/c1-25(39)37-18-16-28-10-13-29(36)22-32(28)41-20-21-42-33-23-38(34(40)44-35(2,3)4)19-17-31(33)27-11-14-30(15-12-27)43-24-26-8-6-5-7-9-26/h5-15,22,31,33H,16-21,23-24H2,1-4H3,(H,37,39). The molecule has 1 fully saturated rings. The van der Waals surface area contributed by atoms with Gasteiger partial charge in [-0.15, -0.1) is 0 Å². The van der Waals surface area contributed by atoms with Crippen LogP contribution in [0.25, 0.3) is 0 Å². The third kappa shape index (κ3) is 10.3. The lowest BCUT2D eigenvalue weighted by molar-refractivity contribution is -0.118. The highest BCUT2D eigenvalue weighted by molar-refractivity contribution is 5.72. The second-order valence-corrected chi connectivity index (χ2v) is 11.9. The maximum atomic E-state index is 14.0. The molecule has 8 nitrogen and oxygen atoms in total. The lowest BCUT2D eigenvalue weighted by Crippen LogP contribution is -2.48. The van der Waals surface area contributed by atoms with Gasteiger partial charge >= 0.3 is 6.09 Å². The van der Waals surface area contributed by atoms with Crippen molar-refractivity contribution in [2.75, 3.05) is 32.8 Å². The van der Waals surface area contributed by atoms with E-state index in [1.54, 1.807) is 11.0 Å².